The zero-order valence-corrected chi connectivity index (χ0v) is 14.0. The van der Waals surface area contributed by atoms with E-state index in [-0.39, 0.29) is 18.5 Å². The first-order chi connectivity index (χ1) is 9.72. The lowest BCUT2D eigenvalue weighted by atomic mass is 10.1. The van der Waals surface area contributed by atoms with E-state index in [1.54, 1.807) is 6.92 Å². The molecule has 0 aromatic carbocycles. The monoisotopic (exact) mass is 298 g/mol. The molecule has 0 radical (unpaired) electrons. The molecule has 0 aliphatic heterocycles. The number of carboxylic acid groups (broad SMARTS) is 1. The Morgan fingerprint density at radius 1 is 1.05 bits per heavy atom. The zero-order chi connectivity index (χ0) is 16.2. The van der Waals surface area contributed by atoms with E-state index >= 15 is 0 Å². The molecule has 122 valence electrons. The molecule has 0 bridgehead atoms. The third kappa shape index (κ3) is 6.04. The van der Waals surface area contributed by atoms with Crippen molar-refractivity contribution in [2.24, 2.45) is 11.8 Å². The third-order valence-corrected chi connectivity index (χ3v) is 3.71. The van der Waals surface area contributed by atoms with Gasteiger partial charge in [-0.25, -0.2) is 0 Å². The van der Waals surface area contributed by atoms with Crippen LogP contribution in [0.1, 0.15) is 47.5 Å². The van der Waals surface area contributed by atoms with Gasteiger partial charge in [0.05, 0.1) is 6.54 Å². The summed E-state index contributed by atoms with van der Waals surface area (Å²) in [7, 11) is 0. The molecule has 1 aliphatic carbocycles. The van der Waals surface area contributed by atoms with Gasteiger partial charge in [0, 0.05) is 19.1 Å². The summed E-state index contributed by atoms with van der Waals surface area (Å²) in [4.78, 5) is 27.5. The molecular formula is C16H30N2O3. The van der Waals surface area contributed by atoms with Gasteiger partial charge >= 0.3 is 5.97 Å². The highest BCUT2D eigenvalue weighted by molar-refractivity contribution is 5.80. The fraction of sp³-hybridized carbons (Fsp3) is 0.875. The lowest BCUT2D eigenvalue weighted by molar-refractivity contribution is -0.144. The largest absolute Gasteiger partial charge is 0.480 e. The molecule has 1 N–H and O–H groups in total. The Hall–Kier alpha value is -1.10. The van der Waals surface area contributed by atoms with Crippen molar-refractivity contribution in [2.45, 2.75) is 59.5 Å². The summed E-state index contributed by atoms with van der Waals surface area (Å²) in [6.45, 7) is 11.7. The highest BCUT2D eigenvalue weighted by atomic mass is 16.4. The van der Waals surface area contributed by atoms with Gasteiger partial charge in [-0.2, -0.15) is 0 Å². The molecule has 1 atom stereocenters. The van der Waals surface area contributed by atoms with Crippen LogP contribution in [0.15, 0.2) is 0 Å². The van der Waals surface area contributed by atoms with Crippen LogP contribution in [0.5, 0.6) is 0 Å². The average Bonchev–Trinajstić information content (AvgIpc) is 3.16. The first kappa shape index (κ1) is 18.0. The van der Waals surface area contributed by atoms with Crippen LogP contribution in [0.25, 0.3) is 0 Å². The van der Waals surface area contributed by atoms with Gasteiger partial charge in [-0.3, -0.25) is 14.5 Å². The zero-order valence-electron chi connectivity index (χ0n) is 14.0. The van der Waals surface area contributed by atoms with Crippen LogP contribution in [-0.4, -0.2) is 58.5 Å². The molecule has 1 saturated carbocycles. The summed E-state index contributed by atoms with van der Waals surface area (Å²) in [5, 5.41) is 9.20. The molecule has 1 rings (SSSR count). The molecule has 21 heavy (non-hydrogen) atoms. The van der Waals surface area contributed by atoms with Gasteiger partial charge in [-0.1, -0.05) is 27.7 Å². The van der Waals surface area contributed by atoms with Crippen molar-refractivity contribution < 1.29 is 14.7 Å². The topological polar surface area (TPSA) is 60.9 Å². The molecule has 0 spiro atoms. The fourth-order valence-electron chi connectivity index (χ4n) is 2.55. The summed E-state index contributed by atoms with van der Waals surface area (Å²) in [5.41, 5.74) is 0. The van der Waals surface area contributed by atoms with Crippen molar-refractivity contribution in [1.82, 2.24) is 9.80 Å². The molecule has 5 nitrogen and oxygen atoms in total. The summed E-state index contributed by atoms with van der Waals surface area (Å²) in [6, 6.07) is -0.332. The molecule has 0 heterocycles. The van der Waals surface area contributed by atoms with E-state index in [2.05, 4.69) is 27.7 Å². The van der Waals surface area contributed by atoms with E-state index in [1.807, 2.05) is 9.80 Å². The van der Waals surface area contributed by atoms with Gasteiger partial charge in [0.2, 0.25) is 5.91 Å². The Morgan fingerprint density at radius 2 is 1.52 bits per heavy atom. The second-order valence-corrected chi connectivity index (χ2v) is 7.00. The van der Waals surface area contributed by atoms with Crippen LogP contribution in [0.3, 0.4) is 0 Å². The minimum atomic E-state index is -0.853. The molecule has 1 aliphatic rings. The number of nitrogens with zero attached hydrogens (tertiary/aromatic N) is 2. The number of rotatable bonds is 9. The first-order valence-electron chi connectivity index (χ1n) is 7.98. The van der Waals surface area contributed by atoms with Crippen molar-refractivity contribution in [1.29, 1.82) is 0 Å². The van der Waals surface area contributed by atoms with Crippen molar-refractivity contribution in [3.05, 3.63) is 0 Å². The number of hydrogen-bond acceptors (Lipinski definition) is 3. The van der Waals surface area contributed by atoms with Gasteiger partial charge in [0.1, 0.15) is 6.04 Å². The smallest absolute Gasteiger partial charge is 0.320 e. The normalized spacial score (nSPS) is 16.6. The summed E-state index contributed by atoms with van der Waals surface area (Å²) >= 11 is 0. The Kier molecular flexibility index (Phi) is 6.65. The van der Waals surface area contributed by atoms with E-state index in [0.29, 0.717) is 11.8 Å². The maximum absolute atomic E-state index is 12.6. The number of carbonyl (C=O) groups is 2. The van der Waals surface area contributed by atoms with Crippen molar-refractivity contribution in [3.8, 4) is 0 Å². The van der Waals surface area contributed by atoms with Gasteiger partial charge in [0.25, 0.3) is 0 Å². The SMILES string of the molecule is CC(C)CN(CC(C)C)C(=O)CN(C1CC1)C(C)C(=O)O. The van der Waals surface area contributed by atoms with E-state index < -0.39 is 12.0 Å². The number of carboxylic acids is 1. The van der Waals surface area contributed by atoms with E-state index in [9.17, 15) is 14.7 Å². The predicted octanol–water partition coefficient (Wildman–Crippen LogP) is 2.06. The summed E-state index contributed by atoms with van der Waals surface area (Å²) in [5.74, 6) is 0.0318. The Morgan fingerprint density at radius 3 is 1.86 bits per heavy atom. The van der Waals surface area contributed by atoms with Gasteiger partial charge < -0.3 is 10.0 Å². The molecule has 1 amide bonds. The van der Waals surface area contributed by atoms with Gasteiger partial charge in [0.15, 0.2) is 0 Å². The summed E-state index contributed by atoms with van der Waals surface area (Å²) < 4.78 is 0. The van der Waals surface area contributed by atoms with Gasteiger partial charge in [-0.15, -0.1) is 0 Å². The maximum Gasteiger partial charge on any atom is 0.320 e. The van der Waals surface area contributed by atoms with Crippen LogP contribution < -0.4 is 0 Å². The molecule has 1 unspecified atom stereocenters. The average molecular weight is 298 g/mol. The third-order valence-electron chi connectivity index (χ3n) is 3.71. The predicted molar refractivity (Wildman–Crippen MR) is 83.1 cm³/mol. The van der Waals surface area contributed by atoms with E-state index in [4.69, 9.17) is 0 Å². The van der Waals surface area contributed by atoms with Crippen LogP contribution in [0, 0.1) is 11.8 Å². The molecular weight excluding hydrogens is 268 g/mol. The molecule has 0 aromatic rings. The first-order valence-corrected chi connectivity index (χ1v) is 7.98. The van der Waals surface area contributed by atoms with Crippen LogP contribution in [0.4, 0.5) is 0 Å². The van der Waals surface area contributed by atoms with Crippen LogP contribution >= 0.6 is 0 Å². The van der Waals surface area contributed by atoms with E-state index in [1.165, 1.54) is 0 Å². The molecule has 5 heteroatoms. The van der Waals surface area contributed by atoms with Gasteiger partial charge in [-0.05, 0) is 31.6 Å². The number of aliphatic carboxylic acids is 1. The van der Waals surface area contributed by atoms with Crippen molar-refractivity contribution in [3.63, 3.8) is 0 Å². The fourth-order valence-corrected chi connectivity index (χ4v) is 2.55. The Balaban J connectivity index is 2.70. The molecule has 1 fully saturated rings. The Bertz CT molecular complexity index is 355. The summed E-state index contributed by atoms with van der Waals surface area (Å²) in [6.07, 6.45) is 2.00. The maximum atomic E-state index is 12.6. The quantitative estimate of drug-likeness (QED) is 0.708. The van der Waals surface area contributed by atoms with Crippen molar-refractivity contribution >= 4 is 11.9 Å². The highest BCUT2D eigenvalue weighted by Gasteiger charge is 2.36. The van der Waals surface area contributed by atoms with E-state index in [0.717, 1.165) is 25.9 Å². The number of carbonyl (C=O) groups excluding carboxylic acids is 1. The van der Waals surface area contributed by atoms with Crippen molar-refractivity contribution in [2.75, 3.05) is 19.6 Å². The lowest BCUT2D eigenvalue weighted by Crippen LogP contribution is -2.48. The second kappa shape index (κ2) is 7.78. The van der Waals surface area contributed by atoms with Crippen LogP contribution in [0.2, 0.25) is 0 Å². The second-order valence-electron chi connectivity index (χ2n) is 7.00. The molecule has 0 aromatic heterocycles. The minimum absolute atomic E-state index is 0.0531. The Labute approximate surface area is 128 Å². The lowest BCUT2D eigenvalue weighted by Gasteiger charge is -2.31. The van der Waals surface area contributed by atoms with Crippen LogP contribution in [-0.2, 0) is 9.59 Å². The number of amides is 1. The standard InChI is InChI=1S/C16H30N2O3/c1-11(2)8-17(9-12(3)4)15(19)10-18(14-6-7-14)13(5)16(20)21/h11-14H,6-10H2,1-5H3,(H,20,21). The highest BCUT2D eigenvalue weighted by Crippen LogP contribution is 2.28. The molecule has 0 saturated heterocycles. The number of hydrogen-bond donors (Lipinski definition) is 1. The minimum Gasteiger partial charge on any atom is -0.480 e.